The van der Waals surface area contributed by atoms with Gasteiger partial charge in [-0.3, -0.25) is 9.59 Å². The lowest BCUT2D eigenvalue weighted by atomic mass is 9.92. The van der Waals surface area contributed by atoms with E-state index in [0.29, 0.717) is 24.3 Å². The van der Waals surface area contributed by atoms with Crippen LogP contribution in [0.1, 0.15) is 46.0 Å². The van der Waals surface area contributed by atoms with Gasteiger partial charge in [0.2, 0.25) is 11.8 Å². The van der Waals surface area contributed by atoms with Gasteiger partial charge in [-0.15, -0.1) is 0 Å². The van der Waals surface area contributed by atoms with Gasteiger partial charge in [0.05, 0.1) is 0 Å². The van der Waals surface area contributed by atoms with Crippen molar-refractivity contribution in [3.05, 3.63) is 0 Å². The SMILES string of the molecule is CSC1CCCCC1N1CCC(=O)NC(C(C)C)C1=O. The molecule has 1 saturated heterocycles. The highest BCUT2D eigenvalue weighted by Gasteiger charge is 2.38. The molecule has 3 unspecified atom stereocenters. The number of nitrogens with zero attached hydrogens (tertiary/aromatic N) is 1. The fourth-order valence-corrected chi connectivity index (χ4v) is 4.31. The highest BCUT2D eigenvalue weighted by atomic mass is 32.2. The summed E-state index contributed by atoms with van der Waals surface area (Å²) in [6.45, 7) is 4.58. The Hall–Kier alpha value is -0.710. The molecule has 1 saturated carbocycles. The van der Waals surface area contributed by atoms with E-state index in [2.05, 4.69) is 11.6 Å². The van der Waals surface area contributed by atoms with E-state index in [1.54, 1.807) is 0 Å². The average Bonchev–Trinajstić information content (AvgIpc) is 2.58. The molecular weight excluding hydrogens is 272 g/mol. The lowest BCUT2D eigenvalue weighted by Crippen LogP contribution is -2.53. The molecule has 1 heterocycles. The Bertz CT molecular complexity index is 373. The summed E-state index contributed by atoms with van der Waals surface area (Å²) in [6, 6.07) is -0.0466. The normalized spacial score (nSPS) is 32.2. The largest absolute Gasteiger partial charge is 0.344 e. The Kier molecular flexibility index (Phi) is 5.35. The van der Waals surface area contributed by atoms with E-state index in [1.165, 1.54) is 19.3 Å². The number of nitrogens with one attached hydrogen (secondary N) is 1. The molecule has 114 valence electrons. The van der Waals surface area contributed by atoms with Crippen LogP contribution in [0.4, 0.5) is 0 Å². The van der Waals surface area contributed by atoms with Gasteiger partial charge in [-0.25, -0.2) is 0 Å². The van der Waals surface area contributed by atoms with Crippen molar-refractivity contribution in [1.29, 1.82) is 0 Å². The molecule has 2 fully saturated rings. The van der Waals surface area contributed by atoms with Crippen molar-refractivity contribution in [3.63, 3.8) is 0 Å². The van der Waals surface area contributed by atoms with Crippen LogP contribution in [-0.2, 0) is 9.59 Å². The summed E-state index contributed by atoms with van der Waals surface area (Å²) in [5.74, 6) is 0.274. The zero-order valence-corrected chi connectivity index (χ0v) is 13.5. The third-order valence-electron chi connectivity index (χ3n) is 4.48. The lowest BCUT2D eigenvalue weighted by molar-refractivity contribution is -0.137. The maximum absolute atomic E-state index is 12.8. The summed E-state index contributed by atoms with van der Waals surface area (Å²) in [5.41, 5.74) is 0. The minimum atomic E-state index is -0.352. The number of rotatable bonds is 3. The van der Waals surface area contributed by atoms with Gasteiger partial charge in [0.1, 0.15) is 6.04 Å². The van der Waals surface area contributed by atoms with Crippen molar-refractivity contribution in [2.24, 2.45) is 5.92 Å². The van der Waals surface area contributed by atoms with Crippen LogP contribution in [0.25, 0.3) is 0 Å². The first-order valence-corrected chi connectivity index (χ1v) is 8.96. The van der Waals surface area contributed by atoms with Crippen molar-refractivity contribution < 1.29 is 9.59 Å². The monoisotopic (exact) mass is 298 g/mol. The molecule has 1 N–H and O–H groups in total. The molecule has 0 aromatic heterocycles. The Labute approximate surface area is 126 Å². The quantitative estimate of drug-likeness (QED) is 0.867. The first kappa shape index (κ1) is 15.7. The molecule has 4 nitrogen and oxygen atoms in total. The summed E-state index contributed by atoms with van der Waals surface area (Å²) >= 11 is 1.87. The molecule has 0 aromatic rings. The molecule has 0 radical (unpaired) electrons. The van der Waals surface area contributed by atoms with E-state index >= 15 is 0 Å². The summed E-state index contributed by atoms with van der Waals surface area (Å²) in [7, 11) is 0. The van der Waals surface area contributed by atoms with Gasteiger partial charge in [0, 0.05) is 24.3 Å². The maximum atomic E-state index is 12.8. The third kappa shape index (κ3) is 3.30. The minimum absolute atomic E-state index is 0.0102. The Morgan fingerprint density at radius 2 is 1.95 bits per heavy atom. The minimum Gasteiger partial charge on any atom is -0.344 e. The van der Waals surface area contributed by atoms with E-state index in [4.69, 9.17) is 0 Å². The molecule has 3 atom stereocenters. The fourth-order valence-electron chi connectivity index (χ4n) is 3.31. The third-order valence-corrected chi connectivity index (χ3v) is 5.64. The molecule has 0 aromatic carbocycles. The Balaban J connectivity index is 2.19. The molecule has 0 spiro atoms. The summed E-state index contributed by atoms with van der Waals surface area (Å²) in [6.07, 6.45) is 7.29. The number of thioether (sulfide) groups is 1. The second-order valence-corrected chi connectivity index (χ2v) is 7.27. The van der Waals surface area contributed by atoms with Crippen LogP contribution < -0.4 is 5.32 Å². The van der Waals surface area contributed by atoms with Gasteiger partial charge >= 0.3 is 0 Å². The Morgan fingerprint density at radius 3 is 2.60 bits per heavy atom. The van der Waals surface area contributed by atoms with Gasteiger partial charge in [0.25, 0.3) is 0 Å². The highest BCUT2D eigenvalue weighted by molar-refractivity contribution is 7.99. The van der Waals surface area contributed by atoms with Gasteiger partial charge in [-0.1, -0.05) is 26.7 Å². The van der Waals surface area contributed by atoms with E-state index in [0.717, 1.165) is 6.42 Å². The first-order chi connectivity index (χ1) is 9.54. The first-order valence-electron chi connectivity index (χ1n) is 7.67. The lowest BCUT2D eigenvalue weighted by Gasteiger charge is -2.40. The van der Waals surface area contributed by atoms with Gasteiger partial charge in [0.15, 0.2) is 0 Å². The van der Waals surface area contributed by atoms with Crippen molar-refractivity contribution >= 4 is 23.6 Å². The topological polar surface area (TPSA) is 49.4 Å². The second kappa shape index (κ2) is 6.83. The number of hydrogen-bond donors (Lipinski definition) is 1. The average molecular weight is 298 g/mol. The Morgan fingerprint density at radius 1 is 1.25 bits per heavy atom. The molecule has 1 aliphatic carbocycles. The molecule has 2 rings (SSSR count). The summed E-state index contributed by atoms with van der Waals surface area (Å²) in [5, 5.41) is 3.42. The molecule has 20 heavy (non-hydrogen) atoms. The van der Waals surface area contributed by atoms with Gasteiger partial charge in [-0.05, 0) is 25.0 Å². The van der Waals surface area contributed by atoms with Crippen LogP contribution in [-0.4, -0.2) is 46.8 Å². The van der Waals surface area contributed by atoms with Crippen molar-refractivity contribution in [3.8, 4) is 0 Å². The summed E-state index contributed by atoms with van der Waals surface area (Å²) < 4.78 is 0. The van der Waals surface area contributed by atoms with Crippen LogP contribution in [0.15, 0.2) is 0 Å². The predicted octanol–water partition coefficient (Wildman–Crippen LogP) is 2.03. The smallest absolute Gasteiger partial charge is 0.245 e. The molecule has 1 aliphatic heterocycles. The number of carbonyl (C=O) groups excluding carboxylic acids is 2. The second-order valence-electron chi connectivity index (χ2n) is 6.20. The van der Waals surface area contributed by atoms with Gasteiger partial charge < -0.3 is 10.2 Å². The van der Waals surface area contributed by atoms with Crippen LogP contribution >= 0.6 is 11.8 Å². The van der Waals surface area contributed by atoms with Crippen LogP contribution in [0.3, 0.4) is 0 Å². The standard InChI is InChI=1S/C15H26N2O2S/c1-10(2)14-15(19)17(9-8-13(18)16-14)11-6-4-5-7-12(11)20-3/h10-12,14H,4-9H2,1-3H3,(H,16,18). The van der Waals surface area contributed by atoms with Crippen LogP contribution in [0, 0.1) is 5.92 Å². The van der Waals surface area contributed by atoms with Gasteiger partial charge in [-0.2, -0.15) is 11.8 Å². The number of amides is 2. The van der Waals surface area contributed by atoms with E-state index < -0.39 is 0 Å². The van der Waals surface area contributed by atoms with Crippen molar-refractivity contribution in [2.75, 3.05) is 12.8 Å². The fraction of sp³-hybridized carbons (Fsp3) is 0.867. The van der Waals surface area contributed by atoms with E-state index in [-0.39, 0.29) is 23.8 Å². The van der Waals surface area contributed by atoms with E-state index in [1.807, 2.05) is 30.5 Å². The molecule has 5 heteroatoms. The van der Waals surface area contributed by atoms with Crippen LogP contribution in [0.5, 0.6) is 0 Å². The van der Waals surface area contributed by atoms with Crippen LogP contribution in [0.2, 0.25) is 0 Å². The zero-order valence-electron chi connectivity index (χ0n) is 12.7. The number of hydrogen-bond acceptors (Lipinski definition) is 3. The molecular formula is C15H26N2O2S. The van der Waals surface area contributed by atoms with Crippen molar-refractivity contribution in [1.82, 2.24) is 10.2 Å². The highest BCUT2D eigenvalue weighted by Crippen LogP contribution is 2.32. The predicted molar refractivity (Wildman–Crippen MR) is 82.7 cm³/mol. The summed E-state index contributed by atoms with van der Waals surface area (Å²) in [4.78, 5) is 26.6. The van der Waals surface area contributed by atoms with Crippen molar-refractivity contribution in [2.45, 2.75) is 63.3 Å². The van der Waals surface area contributed by atoms with E-state index in [9.17, 15) is 9.59 Å². The molecule has 2 amide bonds. The maximum Gasteiger partial charge on any atom is 0.245 e. The molecule has 2 aliphatic rings. The molecule has 0 bridgehead atoms. The number of carbonyl (C=O) groups is 2. The zero-order chi connectivity index (χ0) is 14.7.